The van der Waals surface area contributed by atoms with Crippen LogP contribution in [0.1, 0.15) is 32.4 Å². The lowest BCUT2D eigenvalue weighted by Crippen LogP contribution is -2.52. The van der Waals surface area contributed by atoms with Crippen LogP contribution in [0.15, 0.2) is 34.1 Å². The van der Waals surface area contributed by atoms with Gasteiger partial charge in [-0.25, -0.2) is 9.78 Å². The van der Waals surface area contributed by atoms with Gasteiger partial charge in [-0.3, -0.25) is 4.79 Å². The maximum Gasteiger partial charge on any atom is 0.329 e. The van der Waals surface area contributed by atoms with E-state index in [1.54, 1.807) is 0 Å². The Morgan fingerprint density at radius 3 is 2.79 bits per heavy atom. The summed E-state index contributed by atoms with van der Waals surface area (Å²) in [7, 11) is 0. The molecule has 24 heavy (non-hydrogen) atoms. The molecular weight excluding hydrogens is 392 g/mol. The molecule has 0 aliphatic heterocycles. The minimum Gasteiger partial charge on any atom is -0.480 e. The first-order valence-electron chi connectivity index (χ1n) is 7.59. The van der Waals surface area contributed by atoms with Gasteiger partial charge in [-0.2, -0.15) is 0 Å². The number of nitrogens with one attached hydrogen (secondary N) is 1. The Morgan fingerprint density at radius 1 is 1.42 bits per heavy atom. The number of aromatic nitrogens is 1. The molecule has 1 atom stereocenters. The predicted molar refractivity (Wildman–Crippen MR) is 98.0 cm³/mol. The summed E-state index contributed by atoms with van der Waals surface area (Å²) < 4.78 is 0.964. The van der Waals surface area contributed by atoms with Gasteiger partial charge in [0.1, 0.15) is 10.5 Å². The number of amides is 1. The number of carbonyl (C=O) groups excluding carboxylic acids is 1. The molecule has 2 aromatic rings. The number of carboxylic acid groups (broad SMARTS) is 1. The summed E-state index contributed by atoms with van der Waals surface area (Å²) in [5, 5.41) is 14.6. The van der Waals surface area contributed by atoms with Crippen molar-refractivity contribution >= 4 is 39.1 Å². The Hall–Kier alpha value is -1.73. The zero-order valence-corrected chi connectivity index (χ0v) is 15.9. The van der Waals surface area contributed by atoms with Gasteiger partial charge in [-0.1, -0.05) is 41.4 Å². The van der Waals surface area contributed by atoms with Crippen molar-refractivity contribution in [3.05, 3.63) is 39.8 Å². The van der Waals surface area contributed by atoms with E-state index in [1.165, 1.54) is 18.3 Å². The molecule has 128 valence electrons. The largest absolute Gasteiger partial charge is 0.480 e. The molecule has 0 spiro atoms. The Kier molecular flexibility index (Phi) is 6.12. The number of aliphatic carboxylic acids is 1. The van der Waals surface area contributed by atoms with Gasteiger partial charge in [0, 0.05) is 15.4 Å². The molecule has 1 heterocycles. The first-order valence-corrected chi connectivity index (χ1v) is 9.26. The maximum atomic E-state index is 12.2. The van der Waals surface area contributed by atoms with Crippen molar-refractivity contribution < 1.29 is 14.7 Å². The summed E-state index contributed by atoms with van der Waals surface area (Å²) in [5.74, 6) is -1.36. The van der Waals surface area contributed by atoms with Crippen LogP contribution in [0, 0.1) is 0 Å². The van der Waals surface area contributed by atoms with Crippen molar-refractivity contribution in [1.29, 1.82) is 0 Å². The number of halogens is 1. The molecule has 0 aliphatic carbocycles. The van der Waals surface area contributed by atoms with Crippen LogP contribution in [0.3, 0.4) is 0 Å². The second-order valence-electron chi connectivity index (χ2n) is 5.77. The number of rotatable bonds is 7. The third-order valence-electron chi connectivity index (χ3n) is 3.60. The van der Waals surface area contributed by atoms with Gasteiger partial charge in [0.05, 0.1) is 12.1 Å². The molecule has 7 heteroatoms. The zero-order chi connectivity index (χ0) is 17.7. The van der Waals surface area contributed by atoms with Gasteiger partial charge < -0.3 is 10.4 Å². The third-order valence-corrected chi connectivity index (χ3v) is 5.04. The van der Waals surface area contributed by atoms with Crippen LogP contribution in [0.2, 0.25) is 0 Å². The van der Waals surface area contributed by atoms with Gasteiger partial charge in [-0.15, -0.1) is 11.3 Å². The number of hydrogen-bond donors (Lipinski definition) is 2. The van der Waals surface area contributed by atoms with Crippen LogP contribution in [0.4, 0.5) is 0 Å². The van der Waals surface area contributed by atoms with Crippen LogP contribution in [0.25, 0.3) is 10.6 Å². The van der Waals surface area contributed by atoms with E-state index in [0.717, 1.165) is 15.0 Å². The van der Waals surface area contributed by atoms with Crippen molar-refractivity contribution in [2.45, 2.75) is 38.6 Å². The highest BCUT2D eigenvalue weighted by atomic mass is 79.9. The summed E-state index contributed by atoms with van der Waals surface area (Å²) in [6, 6.07) is 7.78. The number of carboxylic acids is 1. The average Bonchev–Trinajstić information content (AvgIpc) is 2.95. The Labute approximate surface area is 153 Å². The smallest absolute Gasteiger partial charge is 0.329 e. The standard InChI is InChI=1S/C17H19BrN2O3S/c1-3-7-17(2,16(22)23)20-14(21)9-13-10-24-15(19-13)11-5-4-6-12(18)8-11/h4-6,8,10H,3,7,9H2,1-2H3,(H,20,21)(H,22,23). The second-order valence-corrected chi connectivity index (χ2v) is 7.54. The quantitative estimate of drug-likeness (QED) is 0.725. The van der Waals surface area contributed by atoms with Crippen LogP contribution in [-0.4, -0.2) is 27.5 Å². The fourth-order valence-electron chi connectivity index (χ4n) is 2.38. The summed E-state index contributed by atoms with van der Waals surface area (Å²) in [6.07, 6.45) is 1.12. The molecule has 0 fully saturated rings. The Bertz CT molecular complexity index is 747. The van der Waals surface area contributed by atoms with E-state index >= 15 is 0 Å². The average molecular weight is 411 g/mol. The SMILES string of the molecule is CCCC(C)(NC(=O)Cc1csc(-c2cccc(Br)c2)n1)C(=O)O. The summed E-state index contributed by atoms with van der Waals surface area (Å²) >= 11 is 4.88. The Balaban J connectivity index is 2.06. The first-order chi connectivity index (χ1) is 11.3. The number of nitrogens with zero attached hydrogens (tertiary/aromatic N) is 1. The summed E-state index contributed by atoms with van der Waals surface area (Å²) in [4.78, 5) is 28.0. The van der Waals surface area contributed by atoms with Crippen molar-refractivity contribution in [1.82, 2.24) is 10.3 Å². The van der Waals surface area contributed by atoms with E-state index in [4.69, 9.17) is 0 Å². The van der Waals surface area contributed by atoms with Crippen LogP contribution in [-0.2, 0) is 16.0 Å². The molecule has 0 aliphatic rings. The molecule has 1 aromatic heterocycles. The van der Waals surface area contributed by atoms with Crippen molar-refractivity contribution in [2.75, 3.05) is 0 Å². The molecule has 1 unspecified atom stereocenters. The van der Waals surface area contributed by atoms with E-state index in [-0.39, 0.29) is 12.3 Å². The lowest BCUT2D eigenvalue weighted by Gasteiger charge is -2.25. The van der Waals surface area contributed by atoms with Crippen molar-refractivity contribution in [2.24, 2.45) is 0 Å². The van der Waals surface area contributed by atoms with E-state index in [2.05, 4.69) is 26.2 Å². The predicted octanol–water partition coefficient (Wildman–Crippen LogP) is 3.87. The molecule has 5 nitrogen and oxygen atoms in total. The van der Waals surface area contributed by atoms with E-state index < -0.39 is 11.5 Å². The Morgan fingerprint density at radius 2 is 2.17 bits per heavy atom. The maximum absolute atomic E-state index is 12.2. The molecule has 0 radical (unpaired) electrons. The number of carbonyl (C=O) groups is 2. The molecule has 2 N–H and O–H groups in total. The highest BCUT2D eigenvalue weighted by Crippen LogP contribution is 2.26. The number of benzene rings is 1. The highest BCUT2D eigenvalue weighted by molar-refractivity contribution is 9.10. The highest BCUT2D eigenvalue weighted by Gasteiger charge is 2.33. The van der Waals surface area contributed by atoms with E-state index in [9.17, 15) is 14.7 Å². The van der Waals surface area contributed by atoms with Gasteiger partial charge in [0.15, 0.2) is 0 Å². The van der Waals surface area contributed by atoms with Crippen molar-refractivity contribution in [3.8, 4) is 10.6 Å². The normalized spacial score (nSPS) is 13.3. The molecule has 0 saturated carbocycles. The molecule has 2 rings (SSSR count). The molecule has 1 amide bonds. The molecule has 1 aromatic carbocycles. The fourth-order valence-corrected chi connectivity index (χ4v) is 3.60. The summed E-state index contributed by atoms with van der Waals surface area (Å²) in [6.45, 7) is 3.42. The lowest BCUT2D eigenvalue weighted by atomic mass is 9.96. The second kappa shape index (κ2) is 7.90. The van der Waals surface area contributed by atoms with Gasteiger partial charge in [0.25, 0.3) is 0 Å². The fraction of sp³-hybridized carbons (Fsp3) is 0.353. The molecule has 0 bridgehead atoms. The van der Waals surface area contributed by atoms with Crippen LogP contribution in [0.5, 0.6) is 0 Å². The van der Waals surface area contributed by atoms with Gasteiger partial charge in [0.2, 0.25) is 5.91 Å². The molecular formula is C17H19BrN2O3S. The topological polar surface area (TPSA) is 79.3 Å². The first kappa shape index (κ1) is 18.6. The number of thiazole rings is 1. The van der Waals surface area contributed by atoms with Crippen LogP contribution < -0.4 is 5.32 Å². The minimum atomic E-state index is -1.24. The van der Waals surface area contributed by atoms with Crippen molar-refractivity contribution in [3.63, 3.8) is 0 Å². The van der Waals surface area contributed by atoms with E-state index in [1.807, 2.05) is 36.6 Å². The van der Waals surface area contributed by atoms with Gasteiger partial charge in [-0.05, 0) is 25.5 Å². The summed E-state index contributed by atoms with van der Waals surface area (Å²) in [5.41, 5.74) is 0.369. The monoisotopic (exact) mass is 410 g/mol. The lowest BCUT2D eigenvalue weighted by molar-refractivity contribution is -0.147. The zero-order valence-electron chi connectivity index (χ0n) is 13.5. The van der Waals surface area contributed by atoms with Gasteiger partial charge >= 0.3 is 5.97 Å². The number of hydrogen-bond acceptors (Lipinski definition) is 4. The third kappa shape index (κ3) is 4.64. The van der Waals surface area contributed by atoms with Crippen LogP contribution >= 0.6 is 27.3 Å². The minimum absolute atomic E-state index is 0.0666. The van der Waals surface area contributed by atoms with E-state index in [0.29, 0.717) is 18.5 Å². The molecule has 0 saturated heterocycles.